The van der Waals surface area contributed by atoms with Crippen LogP contribution in [0, 0.1) is 0 Å². The van der Waals surface area contributed by atoms with Crippen LogP contribution in [0.25, 0.3) is 0 Å². The Hall–Kier alpha value is -2.39. The largest absolute Gasteiger partial charge is 0.481 e. The third kappa shape index (κ3) is 5.67. The minimum absolute atomic E-state index is 0.196. The number of nitrogens with zero attached hydrogens (tertiary/aromatic N) is 1. The van der Waals surface area contributed by atoms with Crippen molar-refractivity contribution in [3.05, 3.63) is 36.0 Å². The standard InChI is InChI=1S/C15H20BN3O5/c17-13-6-1-3-10(18-13)7-8-14(20)19-12-5-2-4-11(9-15(21)22)24-16(12)23/h1-4,6,11-12,23H,5,7-9H2,(H2,17,18)(H,19,20)(H,21,22)/t11-,12+/m1/s1. The number of aryl methyl sites for hydroxylation is 1. The Morgan fingerprint density at radius 3 is 2.96 bits per heavy atom. The minimum Gasteiger partial charge on any atom is -0.481 e. The van der Waals surface area contributed by atoms with Gasteiger partial charge in [0.05, 0.1) is 18.5 Å². The van der Waals surface area contributed by atoms with Crippen molar-refractivity contribution in [3.8, 4) is 0 Å². The van der Waals surface area contributed by atoms with Crippen LogP contribution >= 0.6 is 0 Å². The first-order valence-corrected chi connectivity index (χ1v) is 7.67. The highest BCUT2D eigenvalue weighted by Crippen LogP contribution is 2.12. The predicted molar refractivity (Wildman–Crippen MR) is 87.8 cm³/mol. The first-order valence-electron chi connectivity index (χ1n) is 7.67. The van der Waals surface area contributed by atoms with Crippen molar-refractivity contribution in [2.24, 2.45) is 0 Å². The average molecular weight is 333 g/mol. The van der Waals surface area contributed by atoms with Crippen LogP contribution < -0.4 is 11.1 Å². The van der Waals surface area contributed by atoms with E-state index in [2.05, 4.69) is 10.3 Å². The molecule has 24 heavy (non-hydrogen) atoms. The van der Waals surface area contributed by atoms with Gasteiger partial charge < -0.3 is 25.8 Å². The molecule has 0 saturated carbocycles. The maximum absolute atomic E-state index is 12.0. The van der Waals surface area contributed by atoms with Crippen LogP contribution in [0.15, 0.2) is 30.4 Å². The van der Waals surface area contributed by atoms with Gasteiger partial charge in [0.15, 0.2) is 0 Å². The predicted octanol–water partition coefficient (Wildman–Crippen LogP) is -0.0793. The zero-order valence-electron chi connectivity index (χ0n) is 13.1. The summed E-state index contributed by atoms with van der Waals surface area (Å²) in [5.41, 5.74) is 6.30. The first kappa shape index (κ1) is 18.0. The second-order valence-corrected chi connectivity index (χ2v) is 5.55. The second kappa shape index (κ2) is 8.46. The molecule has 2 heterocycles. The molecular formula is C15H20BN3O5. The Balaban J connectivity index is 1.83. The van der Waals surface area contributed by atoms with E-state index in [1.165, 1.54) is 0 Å². The first-order chi connectivity index (χ1) is 11.4. The molecule has 0 aliphatic carbocycles. The number of anilines is 1. The van der Waals surface area contributed by atoms with Crippen LogP contribution in [-0.2, 0) is 20.7 Å². The highest BCUT2D eigenvalue weighted by Gasteiger charge is 2.32. The van der Waals surface area contributed by atoms with Gasteiger partial charge in [0.1, 0.15) is 5.82 Å². The van der Waals surface area contributed by atoms with Crippen molar-refractivity contribution >= 4 is 24.8 Å². The number of rotatable bonds is 6. The van der Waals surface area contributed by atoms with Crippen LogP contribution in [0.5, 0.6) is 0 Å². The summed E-state index contributed by atoms with van der Waals surface area (Å²) in [5.74, 6) is -1.50. The molecule has 1 amide bonds. The number of aliphatic carboxylic acids is 1. The summed E-state index contributed by atoms with van der Waals surface area (Å²) in [4.78, 5) is 26.9. The Kier molecular flexibility index (Phi) is 6.33. The number of pyridine rings is 1. The summed E-state index contributed by atoms with van der Waals surface area (Å²) < 4.78 is 5.26. The summed E-state index contributed by atoms with van der Waals surface area (Å²) in [6.45, 7) is 0. The number of carboxylic acid groups (broad SMARTS) is 1. The zero-order valence-corrected chi connectivity index (χ0v) is 13.1. The zero-order chi connectivity index (χ0) is 17.5. The quantitative estimate of drug-likeness (QED) is 0.422. The number of carboxylic acids is 1. The van der Waals surface area contributed by atoms with E-state index in [1.807, 2.05) is 0 Å². The van der Waals surface area contributed by atoms with Gasteiger partial charge in [0.25, 0.3) is 0 Å². The number of aromatic nitrogens is 1. The molecule has 0 aromatic carbocycles. The van der Waals surface area contributed by atoms with Gasteiger partial charge in [-0.15, -0.1) is 0 Å². The Morgan fingerprint density at radius 2 is 2.25 bits per heavy atom. The lowest BCUT2D eigenvalue weighted by Crippen LogP contribution is -2.48. The molecule has 0 saturated heterocycles. The molecule has 2 rings (SSSR count). The van der Waals surface area contributed by atoms with Gasteiger partial charge >= 0.3 is 13.1 Å². The molecule has 0 bridgehead atoms. The molecule has 1 aliphatic rings. The monoisotopic (exact) mass is 333 g/mol. The summed E-state index contributed by atoms with van der Waals surface area (Å²) in [6.07, 6.45) is 3.32. The number of carbonyl (C=O) groups is 2. The maximum Gasteiger partial charge on any atom is 0.478 e. The van der Waals surface area contributed by atoms with E-state index < -0.39 is 25.1 Å². The number of hydrogen-bond acceptors (Lipinski definition) is 6. The lowest BCUT2D eigenvalue weighted by molar-refractivity contribution is -0.138. The van der Waals surface area contributed by atoms with Crippen molar-refractivity contribution in [1.82, 2.24) is 10.3 Å². The number of carbonyl (C=O) groups excluding carboxylic acids is 1. The minimum atomic E-state index is -1.27. The third-order valence-corrected chi connectivity index (χ3v) is 3.56. The fourth-order valence-electron chi connectivity index (χ4n) is 2.39. The topological polar surface area (TPSA) is 135 Å². The summed E-state index contributed by atoms with van der Waals surface area (Å²) >= 11 is 0. The smallest absolute Gasteiger partial charge is 0.478 e. The summed E-state index contributed by atoms with van der Waals surface area (Å²) in [5, 5.41) is 21.5. The van der Waals surface area contributed by atoms with Crippen LogP contribution in [0.2, 0.25) is 0 Å². The van der Waals surface area contributed by atoms with Gasteiger partial charge in [-0.2, -0.15) is 0 Å². The number of amides is 1. The fraction of sp³-hybridized carbons (Fsp3) is 0.400. The Labute approximate surface area is 139 Å². The van der Waals surface area contributed by atoms with Gasteiger partial charge in [-0.1, -0.05) is 18.2 Å². The second-order valence-electron chi connectivity index (χ2n) is 5.55. The molecule has 0 radical (unpaired) electrons. The van der Waals surface area contributed by atoms with Crippen LogP contribution in [0.4, 0.5) is 5.82 Å². The van der Waals surface area contributed by atoms with Gasteiger partial charge in [0, 0.05) is 12.1 Å². The van der Waals surface area contributed by atoms with Gasteiger partial charge in [-0.3, -0.25) is 9.59 Å². The molecule has 8 nitrogen and oxygen atoms in total. The number of nitrogens with two attached hydrogens (primary N) is 1. The van der Waals surface area contributed by atoms with Crippen molar-refractivity contribution in [1.29, 1.82) is 0 Å². The van der Waals surface area contributed by atoms with Crippen molar-refractivity contribution in [3.63, 3.8) is 0 Å². The van der Waals surface area contributed by atoms with E-state index in [-0.39, 0.29) is 18.7 Å². The molecule has 5 N–H and O–H groups in total. The number of nitrogens with one attached hydrogen (secondary N) is 1. The number of hydrogen-bond donors (Lipinski definition) is 4. The maximum atomic E-state index is 12.0. The lowest BCUT2D eigenvalue weighted by atomic mass is 9.77. The highest BCUT2D eigenvalue weighted by molar-refractivity contribution is 6.45. The number of nitrogen functional groups attached to an aromatic ring is 1. The third-order valence-electron chi connectivity index (χ3n) is 3.56. The van der Waals surface area contributed by atoms with Crippen molar-refractivity contribution in [2.75, 3.05) is 5.73 Å². The van der Waals surface area contributed by atoms with Crippen molar-refractivity contribution in [2.45, 2.75) is 37.7 Å². The van der Waals surface area contributed by atoms with E-state index in [4.69, 9.17) is 15.5 Å². The molecule has 1 aliphatic heterocycles. The van der Waals surface area contributed by atoms with Gasteiger partial charge in [-0.05, 0) is 25.0 Å². The highest BCUT2D eigenvalue weighted by atomic mass is 16.5. The molecule has 128 valence electrons. The van der Waals surface area contributed by atoms with Gasteiger partial charge in [-0.25, -0.2) is 4.98 Å². The molecule has 0 unspecified atom stereocenters. The Morgan fingerprint density at radius 1 is 1.46 bits per heavy atom. The molecule has 1 aromatic heterocycles. The van der Waals surface area contributed by atoms with E-state index in [9.17, 15) is 14.6 Å². The van der Waals surface area contributed by atoms with E-state index in [0.717, 1.165) is 0 Å². The molecule has 0 spiro atoms. The molecule has 1 aromatic rings. The van der Waals surface area contributed by atoms with E-state index in [0.29, 0.717) is 24.4 Å². The molecule has 2 atom stereocenters. The normalized spacial score (nSPS) is 20.5. The molecule has 9 heteroatoms. The van der Waals surface area contributed by atoms with Crippen LogP contribution in [-0.4, -0.2) is 46.2 Å². The summed E-state index contributed by atoms with van der Waals surface area (Å²) in [6, 6.07) is 5.22. The molecule has 0 fully saturated rings. The van der Waals surface area contributed by atoms with Crippen molar-refractivity contribution < 1.29 is 24.4 Å². The van der Waals surface area contributed by atoms with E-state index >= 15 is 0 Å². The Bertz CT molecular complexity index is 625. The fourth-order valence-corrected chi connectivity index (χ4v) is 2.39. The van der Waals surface area contributed by atoms with E-state index in [1.54, 1.807) is 30.4 Å². The average Bonchev–Trinajstić information content (AvgIpc) is 2.67. The van der Waals surface area contributed by atoms with Gasteiger partial charge in [0.2, 0.25) is 5.91 Å². The lowest BCUT2D eigenvalue weighted by Gasteiger charge is -2.20. The van der Waals surface area contributed by atoms with Crippen LogP contribution in [0.3, 0.4) is 0 Å². The SMILES string of the molecule is Nc1cccc(CCC(=O)N[C@H]2CC=C[C@H](CC(=O)O)OB2O)n1. The molecular weight excluding hydrogens is 313 g/mol. The summed E-state index contributed by atoms with van der Waals surface area (Å²) in [7, 11) is -1.27. The van der Waals surface area contributed by atoms with Crippen LogP contribution in [0.1, 0.15) is 25.0 Å².